The van der Waals surface area contributed by atoms with Gasteiger partial charge in [-0.15, -0.1) is 0 Å². The standard InChI is InChI=1S/C24H40Br4O6P2/c1-6-10-14-31-35(29,32-15-11-7-2)24(19-22(27)20(25)18(5)21(26)23(19)28)36(30,33-16-12-8-3)34-17-13-9-4/h24H,6-17H2,1-5H3. The third-order valence-electron chi connectivity index (χ3n) is 5.45. The minimum Gasteiger partial charge on any atom is -0.308 e. The van der Waals surface area contributed by atoms with Crippen LogP contribution < -0.4 is 0 Å². The van der Waals surface area contributed by atoms with Gasteiger partial charge in [0.15, 0.2) is 5.40 Å². The Morgan fingerprint density at radius 1 is 0.583 bits per heavy atom. The second-order valence-corrected chi connectivity index (χ2v) is 16.3. The first-order valence-electron chi connectivity index (χ1n) is 12.6. The lowest BCUT2D eigenvalue weighted by Crippen LogP contribution is -2.15. The van der Waals surface area contributed by atoms with E-state index < -0.39 is 20.6 Å². The van der Waals surface area contributed by atoms with Crippen molar-refractivity contribution in [2.45, 2.75) is 91.4 Å². The molecule has 0 unspecified atom stereocenters. The third kappa shape index (κ3) is 9.82. The van der Waals surface area contributed by atoms with E-state index in [-0.39, 0.29) is 26.4 Å². The fourth-order valence-electron chi connectivity index (χ4n) is 3.18. The number of unbranched alkanes of at least 4 members (excludes halogenated alkanes) is 4. The molecule has 0 aliphatic heterocycles. The van der Waals surface area contributed by atoms with Gasteiger partial charge >= 0.3 is 15.2 Å². The van der Waals surface area contributed by atoms with Crippen molar-refractivity contribution in [3.63, 3.8) is 0 Å². The van der Waals surface area contributed by atoms with Crippen LogP contribution in [0.4, 0.5) is 0 Å². The lowest BCUT2D eigenvalue weighted by atomic mass is 10.2. The molecule has 36 heavy (non-hydrogen) atoms. The highest BCUT2D eigenvalue weighted by atomic mass is 79.9. The van der Waals surface area contributed by atoms with Crippen LogP contribution in [0.15, 0.2) is 17.9 Å². The molecule has 0 saturated carbocycles. The minimum atomic E-state index is -4.05. The summed E-state index contributed by atoms with van der Waals surface area (Å²) in [4.78, 5) is 0. The van der Waals surface area contributed by atoms with E-state index in [9.17, 15) is 9.13 Å². The molecular formula is C24H40Br4O6P2. The molecule has 1 aromatic carbocycles. The molecule has 0 heterocycles. The third-order valence-corrected chi connectivity index (χ3v) is 15.7. The molecule has 0 aliphatic rings. The van der Waals surface area contributed by atoms with Crippen LogP contribution in [-0.2, 0) is 27.2 Å². The normalized spacial score (nSPS) is 12.6. The fourth-order valence-corrected chi connectivity index (χ4v) is 12.3. The summed E-state index contributed by atoms with van der Waals surface area (Å²) >= 11 is 14.6. The van der Waals surface area contributed by atoms with Crippen molar-refractivity contribution in [1.82, 2.24) is 0 Å². The molecule has 210 valence electrons. The van der Waals surface area contributed by atoms with Crippen LogP contribution in [0.2, 0.25) is 0 Å². The number of rotatable bonds is 19. The predicted octanol–water partition coefficient (Wildman–Crippen LogP) is 11.7. The highest BCUT2D eigenvalue weighted by Gasteiger charge is 2.54. The zero-order valence-electron chi connectivity index (χ0n) is 21.9. The van der Waals surface area contributed by atoms with Gasteiger partial charge < -0.3 is 18.1 Å². The average Bonchev–Trinajstić information content (AvgIpc) is 2.84. The van der Waals surface area contributed by atoms with E-state index in [0.29, 0.717) is 40.2 Å². The fraction of sp³-hybridized carbons (Fsp3) is 0.750. The highest BCUT2D eigenvalue weighted by molar-refractivity contribution is 9.14. The molecule has 0 N–H and O–H groups in total. The van der Waals surface area contributed by atoms with E-state index in [1.807, 2.05) is 34.6 Å². The molecule has 0 bridgehead atoms. The Hall–Kier alpha value is 1.44. The molecule has 0 radical (unpaired) electrons. The van der Waals surface area contributed by atoms with Gasteiger partial charge in [0.25, 0.3) is 0 Å². The SMILES string of the molecule is CCCCOP(=O)(OCCCC)C(c1c(Br)c(Br)c(C)c(Br)c1Br)P(=O)(OCCCC)OCCCC. The van der Waals surface area contributed by atoms with Crippen LogP contribution in [0.25, 0.3) is 0 Å². The molecule has 1 rings (SSSR count). The zero-order chi connectivity index (χ0) is 27.4. The number of benzene rings is 1. The van der Waals surface area contributed by atoms with E-state index in [1.165, 1.54) is 0 Å². The second-order valence-electron chi connectivity index (χ2n) is 8.50. The van der Waals surface area contributed by atoms with Gasteiger partial charge in [-0.3, -0.25) is 9.13 Å². The van der Waals surface area contributed by atoms with Crippen LogP contribution in [-0.4, -0.2) is 26.4 Å². The van der Waals surface area contributed by atoms with E-state index in [4.69, 9.17) is 18.1 Å². The largest absolute Gasteiger partial charge is 0.350 e. The summed E-state index contributed by atoms with van der Waals surface area (Å²) < 4.78 is 56.3. The van der Waals surface area contributed by atoms with Crippen LogP contribution in [0.5, 0.6) is 0 Å². The van der Waals surface area contributed by atoms with E-state index >= 15 is 0 Å². The Kier molecular flexibility index (Phi) is 17.7. The van der Waals surface area contributed by atoms with Crippen molar-refractivity contribution in [2.75, 3.05) is 26.4 Å². The van der Waals surface area contributed by atoms with E-state index in [1.54, 1.807) is 0 Å². The van der Waals surface area contributed by atoms with Gasteiger partial charge in [0.05, 0.1) is 26.4 Å². The lowest BCUT2D eigenvalue weighted by molar-refractivity contribution is 0.176. The van der Waals surface area contributed by atoms with Gasteiger partial charge in [0.2, 0.25) is 0 Å². The molecule has 6 nitrogen and oxygen atoms in total. The van der Waals surface area contributed by atoms with Crippen LogP contribution >= 0.6 is 78.9 Å². The summed E-state index contributed by atoms with van der Waals surface area (Å²) in [5.41, 5.74) is 1.38. The molecule has 0 amide bonds. The number of hydrogen-bond acceptors (Lipinski definition) is 6. The Balaban J connectivity index is 3.91. The summed E-state index contributed by atoms with van der Waals surface area (Å²) in [5, 5.41) is -1.29. The van der Waals surface area contributed by atoms with Gasteiger partial charge in [-0.1, -0.05) is 53.4 Å². The smallest absolute Gasteiger partial charge is 0.308 e. The maximum Gasteiger partial charge on any atom is 0.350 e. The topological polar surface area (TPSA) is 71.1 Å². The molecule has 0 aromatic heterocycles. The molecule has 1 aromatic rings. The van der Waals surface area contributed by atoms with E-state index in [0.717, 1.165) is 40.2 Å². The maximum absolute atomic E-state index is 14.7. The number of halogens is 4. The predicted molar refractivity (Wildman–Crippen MR) is 163 cm³/mol. The van der Waals surface area contributed by atoms with Crippen molar-refractivity contribution in [3.8, 4) is 0 Å². The minimum absolute atomic E-state index is 0.212. The maximum atomic E-state index is 14.7. The van der Waals surface area contributed by atoms with Crippen LogP contribution in [0.3, 0.4) is 0 Å². The average molecular weight is 806 g/mol. The number of hydrogen-bond donors (Lipinski definition) is 0. The quantitative estimate of drug-likeness (QED) is 0.0788. The molecular weight excluding hydrogens is 766 g/mol. The van der Waals surface area contributed by atoms with Crippen molar-refractivity contribution in [1.29, 1.82) is 0 Å². The van der Waals surface area contributed by atoms with Gasteiger partial charge in [-0.05, 0) is 102 Å². The van der Waals surface area contributed by atoms with Crippen molar-refractivity contribution >= 4 is 78.9 Å². The Morgan fingerprint density at radius 3 is 1.11 bits per heavy atom. The molecule has 0 spiro atoms. The molecule has 0 saturated heterocycles. The summed E-state index contributed by atoms with van der Waals surface area (Å²) in [7, 11) is -8.11. The van der Waals surface area contributed by atoms with Gasteiger partial charge in [-0.2, -0.15) is 0 Å². The van der Waals surface area contributed by atoms with Gasteiger partial charge in [0.1, 0.15) is 0 Å². The Bertz CT molecular complexity index is 820. The summed E-state index contributed by atoms with van der Waals surface area (Å²) in [6.07, 6.45) is 6.17. The lowest BCUT2D eigenvalue weighted by Gasteiger charge is -2.34. The van der Waals surface area contributed by atoms with Gasteiger partial charge in [-0.25, -0.2) is 0 Å². The van der Waals surface area contributed by atoms with Crippen LogP contribution in [0, 0.1) is 6.92 Å². The summed E-state index contributed by atoms with van der Waals surface area (Å²) in [5.74, 6) is 0. The van der Waals surface area contributed by atoms with Crippen molar-refractivity contribution in [3.05, 3.63) is 29.0 Å². The summed E-state index contributed by atoms with van der Waals surface area (Å²) in [6, 6.07) is 0. The molecule has 12 heteroatoms. The monoisotopic (exact) mass is 802 g/mol. The Labute approximate surface area is 251 Å². The zero-order valence-corrected chi connectivity index (χ0v) is 30.1. The first kappa shape index (κ1) is 35.5. The molecule has 0 atom stereocenters. The summed E-state index contributed by atoms with van der Waals surface area (Å²) in [6.45, 7) is 10.9. The molecule has 0 aliphatic carbocycles. The highest BCUT2D eigenvalue weighted by Crippen LogP contribution is 2.80. The second kappa shape index (κ2) is 18.0. The first-order chi connectivity index (χ1) is 17.0. The van der Waals surface area contributed by atoms with Gasteiger partial charge in [0, 0.05) is 23.5 Å². The first-order valence-corrected chi connectivity index (χ1v) is 19.0. The van der Waals surface area contributed by atoms with Crippen molar-refractivity contribution in [2.24, 2.45) is 0 Å². The van der Waals surface area contributed by atoms with E-state index in [2.05, 4.69) is 63.7 Å². The van der Waals surface area contributed by atoms with Crippen molar-refractivity contribution < 1.29 is 27.2 Å². The molecule has 0 fully saturated rings. The van der Waals surface area contributed by atoms with Crippen LogP contribution in [0.1, 0.15) is 95.6 Å². The Morgan fingerprint density at radius 2 is 0.861 bits per heavy atom.